The van der Waals surface area contributed by atoms with E-state index in [0.29, 0.717) is 18.8 Å². The third-order valence-corrected chi connectivity index (χ3v) is 5.25. The molecule has 0 saturated heterocycles. The average Bonchev–Trinajstić information content (AvgIpc) is 3.07. The zero-order chi connectivity index (χ0) is 22.3. The largest absolute Gasteiger partial charge is 0.333 e. The number of carbonyl (C=O) groups excluding carboxylic acids is 2. The van der Waals surface area contributed by atoms with Crippen molar-refractivity contribution in [1.82, 2.24) is 14.7 Å². The summed E-state index contributed by atoms with van der Waals surface area (Å²) >= 11 is 0. The van der Waals surface area contributed by atoms with Crippen LogP contribution in [0.1, 0.15) is 71.1 Å². The summed E-state index contributed by atoms with van der Waals surface area (Å²) in [5.74, 6) is 0.210. The van der Waals surface area contributed by atoms with Crippen molar-refractivity contribution in [3.8, 4) is 0 Å². The molecule has 0 spiro atoms. The Morgan fingerprint density at radius 2 is 1.83 bits per heavy atom. The molecule has 1 aromatic carbocycles. The topological polar surface area (TPSA) is 67.2 Å². The zero-order valence-electron chi connectivity index (χ0n) is 19.2. The van der Waals surface area contributed by atoms with Gasteiger partial charge in [-0.2, -0.15) is 5.10 Å². The van der Waals surface area contributed by atoms with Gasteiger partial charge in [0.05, 0.1) is 18.2 Å². The van der Waals surface area contributed by atoms with Crippen molar-refractivity contribution in [1.29, 1.82) is 0 Å². The standard InChI is InChI=1S/C24H36N4O2/c1-7-9-15-28(23(30)19(8-2)18-13-11-10-12-14-18)17-22(29)25-21-16-20(24(3,4)5)26-27(21)6/h10-14,16,19H,7-9,15,17H2,1-6H3,(H,25,29). The van der Waals surface area contributed by atoms with E-state index in [1.165, 1.54) is 0 Å². The first-order valence-electron chi connectivity index (χ1n) is 10.9. The highest BCUT2D eigenvalue weighted by Gasteiger charge is 2.26. The molecule has 0 aliphatic heterocycles. The number of benzene rings is 1. The highest BCUT2D eigenvalue weighted by atomic mass is 16.2. The first-order chi connectivity index (χ1) is 14.2. The number of unbranched alkanes of at least 4 members (excludes halogenated alkanes) is 1. The van der Waals surface area contributed by atoms with E-state index in [1.807, 2.05) is 50.4 Å². The number of aryl methyl sites for hydroxylation is 1. The van der Waals surface area contributed by atoms with Gasteiger partial charge in [0.15, 0.2) is 0 Å². The zero-order valence-corrected chi connectivity index (χ0v) is 19.2. The smallest absolute Gasteiger partial charge is 0.245 e. The molecule has 6 nitrogen and oxygen atoms in total. The highest BCUT2D eigenvalue weighted by molar-refractivity contribution is 5.95. The lowest BCUT2D eigenvalue weighted by Gasteiger charge is -2.27. The Hall–Kier alpha value is -2.63. The third kappa shape index (κ3) is 6.18. The lowest BCUT2D eigenvalue weighted by atomic mass is 9.92. The molecule has 2 amide bonds. The van der Waals surface area contributed by atoms with Crippen LogP contribution in [-0.4, -0.2) is 39.6 Å². The Kier molecular flexibility index (Phi) is 8.21. The Labute approximate surface area is 180 Å². The molecule has 0 saturated carbocycles. The second-order valence-electron chi connectivity index (χ2n) is 8.82. The maximum atomic E-state index is 13.3. The van der Waals surface area contributed by atoms with Crippen LogP contribution in [0.5, 0.6) is 0 Å². The molecule has 2 aromatic rings. The average molecular weight is 413 g/mol. The molecule has 164 valence electrons. The first kappa shape index (κ1) is 23.6. The van der Waals surface area contributed by atoms with Crippen LogP contribution in [0.4, 0.5) is 5.82 Å². The van der Waals surface area contributed by atoms with Crippen molar-refractivity contribution in [2.24, 2.45) is 7.05 Å². The quantitative estimate of drug-likeness (QED) is 0.660. The van der Waals surface area contributed by atoms with Gasteiger partial charge in [-0.15, -0.1) is 0 Å². The van der Waals surface area contributed by atoms with E-state index in [9.17, 15) is 9.59 Å². The van der Waals surface area contributed by atoms with E-state index >= 15 is 0 Å². The van der Waals surface area contributed by atoms with E-state index in [-0.39, 0.29) is 29.7 Å². The van der Waals surface area contributed by atoms with Crippen LogP contribution in [-0.2, 0) is 22.1 Å². The van der Waals surface area contributed by atoms with Gasteiger partial charge in [-0.25, -0.2) is 0 Å². The molecular weight excluding hydrogens is 376 g/mol. The van der Waals surface area contributed by atoms with E-state index in [0.717, 1.165) is 24.1 Å². The second-order valence-corrected chi connectivity index (χ2v) is 8.82. The lowest BCUT2D eigenvalue weighted by molar-refractivity contribution is -0.136. The summed E-state index contributed by atoms with van der Waals surface area (Å²) in [7, 11) is 1.81. The summed E-state index contributed by atoms with van der Waals surface area (Å²) in [4.78, 5) is 27.8. The van der Waals surface area contributed by atoms with Crippen molar-refractivity contribution < 1.29 is 9.59 Å². The van der Waals surface area contributed by atoms with Gasteiger partial charge in [0.2, 0.25) is 11.8 Å². The molecule has 1 aromatic heterocycles. The van der Waals surface area contributed by atoms with Crippen LogP contribution in [0.25, 0.3) is 0 Å². The fraction of sp³-hybridized carbons (Fsp3) is 0.542. The highest BCUT2D eigenvalue weighted by Crippen LogP contribution is 2.24. The third-order valence-electron chi connectivity index (χ3n) is 5.25. The number of rotatable bonds is 9. The molecule has 30 heavy (non-hydrogen) atoms. The van der Waals surface area contributed by atoms with Gasteiger partial charge in [-0.3, -0.25) is 14.3 Å². The van der Waals surface area contributed by atoms with Crippen LogP contribution in [0.3, 0.4) is 0 Å². The summed E-state index contributed by atoms with van der Waals surface area (Å²) in [6.45, 7) is 11.0. The van der Waals surface area contributed by atoms with E-state index in [2.05, 4.69) is 38.1 Å². The second kappa shape index (κ2) is 10.4. The summed E-state index contributed by atoms with van der Waals surface area (Å²) in [5.41, 5.74) is 1.80. The number of nitrogens with zero attached hydrogens (tertiary/aromatic N) is 3. The maximum absolute atomic E-state index is 13.3. The van der Waals surface area contributed by atoms with Gasteiger partial charge in [0, 0.05) is 25.1 Å². The summed E-state index contributed by atoms with van der Waals surface area (Å²) in [5, 5.41) is 7.43. The molecule has 0 aliphatic carbocycles. The molecule has 1 atom stereocenters. The van der Waals surface area contributed by atoms with Crippen molar-refractivity contribution in [2.45, 2.75) is 65.2 Å². The summed E-state index contributed by atoms with van der Waals surface area (Å²) < 4.78 is 1.68. The van der Waals surface area contributed by atoms with E-state index in [4.69, 9.17) is 0 Å². The molecule has 0 fully saturated rings. The molecule has 1 N–H and O–H groups in total. The fourth-order valence-electron chi connectivity index (χ4n) is 3.38. The summed E-state index contributed by atoms with van der Waals surface area (Å²) in [6.07, 6.45) is 2.53. The Balaban J connectivity index is 2.14. The van der Waals surface area contributed by atoms with Gasteiger partial charge < -0.3 is 10.2 Å². The van der Waals surface area contributed by atoms with Crippen LogP contribution in [0.2, 0.25) is 0 Å². The van der Waals surface area contributed by atoms with E-state index < -0.39 is 0 Å². The number of nitrogens with one attached hydrogen (secondary N) is 1. The van der Waals surface area contributed by atoms with Gasteiger partial charge >= 0.3 is 0 Å². The number of hydrogen-bond donors (Lipinski definition) is 1. The van der Waals surface area contributed by atoms with Crippen LogP contribution < -0.4 is 5.32 Å². The molecule has 0 radical (unpaired) electrons. The van der Waals surface area contributed by atoms with Gasteiger partial charge in [0.1, 0.15) is 5.82 Å². The van der Waals surface area contributed by atoms with Gasteiger partial charge in [-0.1, -0.05) is 71.4 Å². The minimum absolute atomic E-state index is 0.00712. The molecule has 6 heteroatoms. The molecule has 0 bridgehead atoms. The normalized spacial score (nSPS) is 12.5. The van der Waals surface area contributed by atoms with Crippen molar-refractivity contribution in [3.05, 3.63) is 47.7 Å². The molecule has 1 heterocycles. The number of anilines is 1. The van der Waals surface area contributed by atoms with Crippen LogP contribution >= 0.6 is 0 Å². The molecular formula is C24H36N4O2. The maximum Gasteiger partial charge on any atom is 0.245 e. The van der Waals surface area contributed by atoms with Crippen molar-refractivity contribution >= 4 is 17.6 Å². The Bertz CT molecular complexity index is 837. The number of aromatic nitrogens is 2. The van der Waals surface area contributed by atoms with E-state index in [1.54, 1.807) is 9.58 Å². The predicted molar refractivity (Wildman–Crippen MR) is 121 cm³/mol. The monoisotopic (exact) mass is 412 g/mol. The van der Waals surface area contributed by atoms with Crippen molar-refractivity contribution in [2.75, 3.05) is 18.4 Å². The van der Waals surface area contributed by atoms with Crippen molar-refractivity contribution in [3.63, 3.8) is 0 Å². The Morgan fingerprint density at radius 3 is 2.37 bits per heavy atom. The Morgan fingerprint density at radius 1 is 1.17 bits per heavy atom. The molecule has 0 aliphatic rings. The predicted octanol–water partition coefficient (Wildman–Crippen LogP) is 4.48. The molecule has 1 unspecified atom stereocenters. The molecule has 2 rings (SSSR count). The minimum Gasteiger partial charge on any atom is -0.333 e. The number of carbonyl (C=O) groups is 2. The first-order valence-corrected chi connectivity index (χ1v) is 10.9. The van der Waals surface area contributed by atoms with Gasteiger partial charge in [-0.05, 0) is 18.4 Å². The number of amides is 2. The van der Waals surface area contributed by atoms with Crippen LogP contribution in [0, 0.1) is 0 Å². The van der Waals surface area contributed by atoms with Gasteiger partial charge in [0.25, 0.3) is 0 Å². The summed E-state index contributed by atoms with van der Waals surface area (Å²) in [6, 6.07) is 11.7. The lowest BCUT2D eigenvalue weighted by Crippen LogP contribution is -2.41. The fourth-order valence-corrected chi connectivity index (χ4v) is 3.38. The minimum atomic E-state index is -0.236. The number of hydrogen-bond acceptors (Lipinski definition) is 3. The SMILES string of the molecule is CCCCN(CC(=O)Nc1cc(C(C)(C)C)nn1C)C(=O)C(CC)c1ccccc1. The van der Waals surface area contributed by atoms with Crippen LogP contribution in [0.15, 0.2) is 36.4 Å².